The summed E-state index contributed by atoms with van der Waals surface area (Å²) in [6.07, 6.45) is 2.23. The number of nitrogens with two attached hydrogens (primary N) is 1. The number of nitrogens with one attached hydrogen (secondary N) is 1. The Morgan fingerprint density at radius 3 is 2.83 bits per heavy atom. The molecule has 0 radical (unpaired) electrons. The van der Waals surface area contributed by atoms with Crippen molar-refractivity contribution < 1.29 is 5.11 Å². The minimum absolute atomic E-state index is 0.160. The van der Waals surface area contributed by atoms with Crippen molar-refractivity contribution in [2.45, 2.75) is 38.3 Å². The second-order valence-corrected chi connectivity index (χ2v) is 4.01. The second-order valence-electron chi connectivity index (χ2n) is 4.01. The largest absolute Gasteiger partial charge is 0.388 e. The van der Waals surface area contributed by atoms with Crippen LogP contribution in [0, 0.1) is 5.92 Å². The monoisotopic (exact) mass is 172 g/mol. The summed E-state index contributed by atoms with van der Waals surface area (Å²) in [4.78, 5) is 0. The summed E-state index contributed by atoms with van der Waals surface area (Å²) in [5, 5.41) is 13.4. The van der Waals surface area contributed by atoms with Crippen LogP contribution in [-0.2, 0) is 0 Å². The van der Waals surface area contributed by atoms with Crippen LogP contribution in [0.5, 0.6) is 0 Å². The zero-order chi connectivity index (χ0) is 9.19. The summed E-state index contributed by atoms with van der Waals surface area (Å²) in [6.45, 7) is 5.46. The lowest BCUT2D eigenvalue weighted by Gasteiger charge is -2.35. The molecule has 0 aliphatic carbocycles. The van der Waals surface area contributed by atoms with Gasteiger partial charge in [0.1, 0.15) is 0 Å². The first-order valence-electron chi connectivity index (χ1n) is 4.75. The fourth-order valence-electron chi connectivity index (χ4n) is 1.77. The van der Waals surface area contributed by atoms with Crippen molar-refractivity contribution in [3.63, 3.8) is 0 Å². The Kier molecular flexibility index (Phi) is 3.09. The lowest BCUT2D eigenvalue weighted by molar-refractivity contribution is -0.0201. The molecule has 1 fully saturated rings. The summed E-state index contributed by atoms with van der Waals surface area (Å²) in [6, 6.07) is 0.232. The second kappa shape index (κ2) is 3.73. The molecule has 1 heterocycles. The predicted molar refractivity (Wildman–Crippen MR) is 49.9 cm³/mol. The minimum Gasteiger partial charge on any atom is -0.388 e. The molecule has 1 aliphatic rings. The van der Waals surface area contributed by atoms with Gasteiger partial charge in [-0.15, -0.1) is 0 Å². The Balaban J connectivity index is 2.56. The van der Waals surface area contributed by atoms with E-state index < -0.39 is 5.60 Å². The Morgan fingerprint density at radius 1 is 1.75 bits per heavy atom. The van der Waals surface area contributed by atoms with Crippen LogP contribution in [0.1, 0.15) is 26.7 Å². The van der Waals surface area contributed by atoms with Crippen molar-refractivity contribution in [3.8, 4) is 0 Å². The van der Waals surface area contributed by atoms with Crippen LogP contribution in [0.25, 0.3) is 0 Å². The van der Waals surface area contributed by atoms with Crippen molar-refractivity contribution in [1.82, 2.24) is 5.32 Å². The maximum absolute atomic E-state index is 10.1. The van der Waals surface area contributed by atoms with E-state index >= 15 is 0 Å². The lowest BCUT2D eigenvalue weighted by Crippen LogP contribution is -2.51. The SMILES string of the molecule is CC(CN)C(C)(O)C1CCCN1. The van der Waals surface area contributed by atoms with Gasteiger partial charge in [-0.1, -0.05) is 6.92 Å². The third-order valence-electron chi connectivity index (χ3n) is 3.12. The van der Waals surface area contributed by atoms with Crippen LogP contribution in [0.3, 0.4) is 0 Å². The zero-order valence-corrected chi connectivity index (χ0v) is 8.01. The highest BCUT2D eigenvalue weighted by atomic mass is 16.3. The van der Waals surface area contributed by atoms with Gasteiger partial charge in [-0.2, -0.15) is 0 Å². The van der Waals surface area contributed by atoms with E-state index in [4.69, 9.17) is 5.73 Å². The van der Waals surface area contributed by atoms with Gasteiger partial charge in [-0.05, 0) is 38.8 Å². The molecule has 0 aromatic carbocycles. The molecule has 1 rings (SSSR count). The van der Waals surface area contributed by atoms with E-state index in [2.05, 4.69) is 5.32 Å². The molecular weight excluding hydrogens is 152 g/mol. The first-order valence-corrected chi connectivity index (χ1v) is 4.75. The van der Waals surface area contributed by atoms with Crippen molar-refractivity contribution in [2.24, 2.45) is 11.7 Å². The van der Waals surface area contributed by atoms with E-state index in [1.807, 2.05) is 13.8 Å². The fraction of sp³-hybridized carbons (Fsp3) is 1.00. The average molecular weight is 172 g/mol. The van der Waals surface area contributed by atoms with Gasteiger partial charge in [0.15, 0.2) is 0 Å². The third-order valence-corrected chi connectivity index (χ3v) is 3.12. The summed E-state index contributed by atoms with van der Waals surface area (Å²) >= 11 is 0. The fourth-order valence-corrected chi connectivity index (χ4v) is 1.77. The number of rotatable bonds is 3. The molecule has 0 bridgehead atoms. The molecule has 4 N–H and O–H groups in total. The van der Waals surface area contributed by atoms with E-state index in [1.54, 1.807) is 0 Å². The Bertz CT molecular complexity index is 141. The number of hydrogen-bond acceptors (Lipinski definition) is 3. The molecule has 3 atom stereocenters. The van der Waals surface area contributed by atoms with Gasteiger partial charge in [-0.3, -0.25) is 0 Å². The van der Waals surface area contributed by atoms with Crippen LogP contribution in [-0.4, -0.2) is 29.8 Å². The standard InChI is InChI=1S/C9H20N2O/c1-7(6-10)9(2,12)8-4-3-5-11-8/h7-8,11-12H,3-6,10H2,1-2H3. The van der Waals surface area contributed by atoms with E-state index in [0.717, 1.165) is 19.4 Å². The lowest BCUT2D eigenvalue weighted by atomic mass is 9.83. The van der Waals surface area contributed by atoms with Gasteiger partial charge in [0, 0.05) is 6.04 Å². The van der Waals surface area contributed by atoms with Crippen LogP contribution >= 0.6 is 0 Å². The summed E-state index contributed by atoms with van der Waals surface area (Å²) in [5.41, 5.74) is 4.89. The van der Waals surface area contributed by atoms with Crippen LogP contribution in [0.2, 0.25) is 0 Å². The molecule has 0 saturated carbocycles. The van der Waals surface area contributed by atoms with Gasteiger partial charge >= 0.3 is 0 Å². The smallest absolute Gasteiger partial charge is 0.0809 e. The average Bonchev–Trinajstić information content (AvgIpc) is 2.55. The first kappa shape index (κ1) is 9.96. The summed E-state index contributed by atoms with van der Waals surface area (Å²) in [5.74, 6) is 0.160. The molecule has 1 saturated heterocycles. The van der Waals surface area contributed by atoms with E-state index in [9.17, 15) is 5.11 Å². The van der Waals surface area contributed by atoms with E-state index in [1.165, 1.54) is 0 Å². The van der Waals surface area contributed by atoms with E-state index in [0.29, 0.717) is 6.54 Å². The molecule has 0 spiro atoms. The number of aliphatic hydroxyl groups is 1. The predicted octanol–water partition coefficient (Wildman–Crippen LogP) is 0.0842. The highest BCUT2D eigenvalue weighted by molar-refractivity contribution is 4.94. The summed E-state index contributed by atoms with van der Waals surface area (Å²) in [7, 11) is 0. The molecule has 0 aromatic heterocycles. The van der Waals surface area contributed by atoms with E-state index in [-0.39, 0.29) is 12.0 Å². The van der Waals surface area contributed by atoms with Gasteiger partial charge < -0.3 is 16.2 Å². The van der Waals surface area contributed by atoms with Gasteiger partial charge in [0.05, 0.1) is 5.60 Å². The molecule has 72 valence electrons. The van der Waals surface area contributed by atoms with Gasteiger partial charge in [0.25, 0.3) is 0 Å². The number of hydrogen-bond donors (Lipinski definition) is 3. The molecule has 0 aromatic rings. The first-order chi connectivity index (χ1) is 5.59. The Hall–Kier alpha value is -0.120. The van der Waals surface area contributed by atoms with Crippen molar-refractivity contribution in [3.05, 3.63) is 0 Å². The highest BCUT2D eigenvalue weighted by Gasteiger charge is 2.37. The minimum atomic E-state index is -0.648. The topological polar surface area (TPSA) is 58.3 Å². The van der Waals surface area contributed by atoms with Crippen molar-refractivity contribution >= 4 is 0 Å². The third kappa shape index (κ3) is 1.79. The quantitative estimate of drug-likeness (QED) is 0.565. The molecule has 12 heavy (non-hydrogen) atoms. The molecule has 3 heteroatoms. The molecule has 1 aliphatic heterocycles. The molecular formula is C9H20N2O. The van der Waals surface area contributed by atoms with Crippen LogP contribution in [0.4, 0.5) is 0 Å². The molecule has 3 unspecified atom stereocenters. The zero-order valence-electron chi connectivity index (χ0n) is 8.01. The normalized spacial score (nSPS) is 31.5. The highest BCUT2D eigenvalue weighted by Crippen LogP contribution is 2.25. The van der Waals surface area contributed by atoms with Gasteiger partial charge in [-0.25, -0.2) is 0 Å². The van der Waals surface area contributed by atoms with Crippen LogP contribution < -0.4 is 11.1 Å². The molecule has 3 nitrogen and oxygen atoms in total. The Labute approximate surface area is 74.3 Å². The molecule has 0 amide bonds. The Morgan fingerprint density at radius 2 is 2.42 bits per heavy atom. The van der Waals surface area contributed by atoms with Gasteiger partial charge in [0.2, 0.25) is 0 Å². The maximum Gasteiger partial charge on any atom is 0.0809 e. The van der Waals surface area contributed by atoms with Crippen molar-refractivity contribution in [2.75, 3.05) is 13.1 Å². The maximum atomic E-state index is 10.1. The van der Waals surface area contributed by atoms with Crippen LogP contribution in [0.15, 0.2) is 0 Å². The summed E-state index contributed by atoms with van der Waals surface area (Å²) < 4.78 is 0. The van der Waals surface area contributed by atoms with Crippen molar-refractivity contribution in [1.29, 1.82) is 0 Å².